The molecule has 94 valence electrons. The van der Waals surface area contributed by atoms with Crippen LogP contribution in [0.25, 0.3) is 0 Å². The fourth-order valence-electron chi connectivity index (χ4n) is 1.99. The van der Waals surface area contributed by atoms with E-state index in [2.05, 4.69) is 26.0 Å². The third-order valence-corrected chi connectivity index (χ3v) is 3.24. The third kappa shape index (κ3) is 2.15. The number of fused-ring (bicyclic) bond motifs is 1. The Kier molecular flexibility index (Phi) is 3.09. The highest BCUT2D eigenvalue weighted by molar-refractivity contribution is 9.10. The summed E-state index contributed by atoms with van der Waals surface area (Å²) in [4.78, 5) is 4.25. The molecule has 1 atom stereocenters. The predicted molar refractivity (Wildman–Crippen MR) is 66.9 cm³/mol. The standard InChI is InChI=1S/C11H8BrClFN3O/c12-11-15-10-9(18-2-1-17(10)16-11)6-3-7(13)5-8(14)4-6/h3-5,9H,1-2H2. The van der Waals surface area contributed by atoms with Gasteiger partial charge in [-0.15, -0.1) is 5.10 Å². The minimum Gasteiger partial charge on any atom is -0.364 e. The van der Waals surface area contributed by atoms with Crippen molar-refractivity contribution in [1.82, 2.24) is 14.8 Å². The van der Waals surface area contributed by atoms with Gasteiger partial charge >= 0.3 is 0 Å². The molecule has 0 spiro atoms. The zero-order chi connectivity index (χ0) is 12.7. The maximum atomic E-state index is 13.4. The van der Waals surface area contributed by atoms with Crippen molar-refractivity contribution in [2.45, 2.75) is 12.6 Å². The number of hydrogen-bond donors (Lipinski definition) is 0. The van der Waals surface area contributed by atoms with E-state index in [0.29, 0.717) is 34.3 Å². The van der Waals surface area contributed by atoms with E-state index >= 15 is 0 Å². The van der Waals surface area contributed by atoms with Crippen molar-refractivity contribution in [2.75, 3.05) is 6.61 Å². The Labute approximate surface area is 116 Å². The first-order valence-corrected chi connectivity index (χ1v) is 6.48. The molecule has 4 nitrogen and oxygen atoms in total. The normalized spacial score (nSPS) is 18.7. The zero-order valence-corrected chi connectivity index (χ0v) is 11.4. The first-order valence-electron chi connectivity index (χ1n) is 5.31. The van der Waals surface area contributed by atoms with Gasteiger partial charge in [0.1, 0.15) is 11.9 Å². The van der Waals surface area contributed by atoms with Gasteiger partial charge in [0, 0.05) is 5.02 Å². The molecule has 1 aliphatic rings. The van der Waals surface area contributed by atoms with E-state index in [1.165, 1.54) is 12.1 Å². The van der Waals surface area contributed by atoms with Crippen LogP contribution in [0.3, 0.4) is 0 Å². The molecule has 0 N–H and O–H groups in total. The van der Waals surface area contributed by atoms with Crippen LogP contribution in [0.1, 0.15) is 17.5 Å². The van der Waals surface area contributed by atoms with Gasteiger partial charge in [0.15, 0.2) is 5.82 Å². The highest BCUT2D eigenvalue weighted by Gasteiger charge is 2.26. The molecule has 0 radical (unpaired) electrons. The Morgan fingerprint density at radius 3 is 3.06 bits per heavy atom. The molecule has 0 aliphatic carbocycles. The SMILES string of the molecule is Fc1cc(Cl)cc(C2OCCn3nc(Br)nc32)c1. The Hall–Kier alpha value is -0.980. The van der Waals surface area contributed by atoms with Crippen LogP contribution < -0.4 is 0 Å². The number of benzene rings is 1. The quantitative estimate of drug-likeness (QED) is 0.806. The molecule has 7 heteroatoms. The van der Waals surface area contributed by atoms with Crippen molar-refractivity contribution >= 4 is 27.5 Å². The molecule has 1 aromatic heterocycles. The molecule has 0 saturated heterocycles. The second-order valence-electron chi connectivity index (χ2n) is 3.92. The van der Waals surface area contributed by atoms with E-state index in [9.17, 15) is 4.39 Å². The van der Waals surface area contributed by atoms with Crippen LogP contribution in [0, 0.1) is 5.82 Å². The molecule has 1 aromatic carbocycles. The van der Waals surface area contributed by atoms with Crippen molar-refractivity contribution < 1.29 is 9.13 Å². The van der Waals surface area contributed by atoms with Crippen molar-refractivity contribution in [3.8, 4) is 0 Å². The average molecular weight is 333 g/mol. The van der Waals surface area contributed by atoms with E-state index in [1.54, 1.807) is 10.7 Å². The fraction of sp³-hybridized carbons (Fsp3) is 0.273. The molecule has 1 aliphatic heterocycles. The monoisotopic (exact) mass is 331 g/mol. The Morgan fingerprint density at radius 2 is 2.28 bits per heavy atom. The lowest BCUT2D eigenvalue weighted by molar-refractivity contribution is 0.0388. The summed E-state index contributed by atoms with van der Waals surface area (Å²) in [7, 11) is 0. The summed E-state index contributed by atoms with van der Waals surface area (Å²) in [6.07, 6.45) is -0.439. The molecular weight excluding hydrogens is 324 g/mol. The molecule has 3 rings (SSSR count). The van der Waals surface area contributed by atoms with Crippen LogP contribution in [0.4, 0.5) is 4.39 Å². The number of aromatic nitrogens is 3. The van der Waals surface area contributed by atoms with Crippen molar-refractivity contribution in [2.24, 2.45) is 0 Å². The molecule has 0 fully saturated rings. The fourth-order valence-corrected chi connectivity index (χ4v) is 2.59. The zero-order valence-electron chi connectivity index (χ0n) is 9.11. The van der Waals surface area contributed by atoms with Crippen molar-refractivity contribution in [1.29, 1.82) is 0 Å². The second kappa shape index (κ2) is 4.60. The van der Waals surface area contributed by atoms with Gasteiger partial charge in [-0.1, -0.05) is 11.6 Å². The first kappa shape index (κ1) is 12.1. The van der Waals surface area contributed by atoms with Gasteiger partial charge < -0.3 is 4.74 Å². The summed E-state index contributed by atoms with van der Waals surface area (Å²) in [6.45, 7) is 1.13. The number of halogens is 3. The topological polar surface area (TPSA) is 39.9 Å². The summed E-state index contributed by atoms with van der Waals surface area (Å²) >= 11 is 9.08. The summed E-state index contributed by atoms with van der Waals surface area (Å²) < 4.78 is 21.3. The van der Waals surface area contributed by atoms with Gasteiger partial charge in [0.25, 0.3) is 0 Å². The maximum Gasteiger partial charge on any atom is 0.217 e. The number of rotatable bonds is 1. The van der Waals surface area contributed by atoms with Crippen molar-refractivity contribution in [3.05, 3.63) is 45.2 Å². The molecule has 0 saturated carbocycles. The summed E-state index contributed by atoms with van der Waals surface area (Å²) in [5, 5.41) is 4.52. The summed E-state index contributed by atoms with van der Waals surface area (Å²) in [6, 6.07) is 4.33. The molecule has 0 amide bonds. The average Bonchev–Trinajstić information content (AvgIpc) is 2.67. The maximum absolute atomic E-state index is 13.4. The van der Waals surface area contributed by atoms with Crippen LogP contribution in [0.2, 0.25) is 5.02 Å². The Bertz CT molecular complexity index is 584. The third-order valence-electron chi connectivity index (χ3n) is 2.68. The smallest absolute Gasteiger partial charge is 0.217 e. The van der Waals surface area contributed by atoms with Gasteiger partial charge in [0.2, 0.25) is 4.73 Å². The molecule has 2 heterocycles. The van der Waals surface area contributed by atoms with E-state index in [1.807, 2.05) is 0 Å². The Morgan fingerprint density at radius 1 is 1.44 bits per heavy atom. The van der Waals surface area contributed by atoms with E-state index in [-0.39, 0.29) is 0 Å². The van der Waals surface area contributed by atoms with E-state index < -0.39 is 11.9 Å². The highest BCUT2D eigenvalue weighted by atomic mass is 79.9. The van der Waals surface area contributed by atoms with Crippen LogP contribution in [-0.2, 0) is 11.3 Å². The summed E-state index contributed by atoms with van der Waals surface area (Å²) in [5.41, 5.74) is 0.640. The number of ether oxygens (including phenoxy) is 1. The van der Waals surface area contributed by atoms with Gasteiger partial charge in [0.05, 0.1) is 13.2 Å². The minimum atomic E-state index is -0.439. The van der Waals surface area contributed by atoms with Crippen LogP contribution in [0.5, 0.6) is 0 Å². The largest absolute Gasteiger partial charge is 0.364 e. The van der Waals surface area contributed by atoms with Gasteiger partial charge in [-0.3, -0.25) is 0 Å². The second-order valence-corrected chi connectivity index (χ2v) is 5.06. The van der Waals surface area contributed by atoms with E-state index in [4.69, 9.17) is 16.3 Å². The van der Waals surface area contributed by atoms with Crippen LogP contribution >= 0.6 is 27.5 Å². The van der Waals surface area contributed by atoms with E-state index in [0.717, 1.165) is 0 Å². The Balaban J connectivity index is 2.07. The lowest BCUT2D eigenvalue weighted by Crippen LogP contribution is -2.23. The lowest BCUT2D eigenvalue weighted by Gasteiger charge is -2.23. The highest BCUT2D eigenvalue weighted by Crippen LogP contribution is 2.30. The van der Waals surface area contributed by atoms with Crippen molar-refractivity contribution in [3.63, 3.8) is 0 Å². The minimum absolute atomic E-state index is 0.337. The molecule has 2 aromatic rings. The van der Waals surface area contributed by atoms with Gasteiger partial charge in [-0.2, -0.15) is 0 Å². The predicted octanol–water partition coefficient (Wildman–Crippen LogP) is 2.95. The van der Waals surface area contributed by atoms with Crippen LogP contribution in [0.15, 0.2) is 22.9 Å². The number of nitrogens with zero attached hydrogens (tertiary/aromatic N) is 3. The number of hydrogen-bond acceptors (Lipinski definition) is 3. The lowest BCUT2D eigenvalue weighted by atomic mass is 10.1. The molecule has 1 unspecified atom stereocenters. The molecule has 0 bridgehead atoms. The van der Waals surface area contributed by atoms with Gasteiger partial charge in [-0.05, 0) is 39.7 Å². The molecular formula is C11H8BrClFN3O. The first-order chi connectivity index (χ1) is 8.63. The van der Waals surface area contributed by atoms with Gasteiger partial charge in [-0.25, -0.2) is 14.1 Å². The van der Waals surface area contributed by atoms with Crippen LogP contribution in [-0.4, -0.2) is 21.4 Å². The summed E-state index contributed by atoms with van der Waals surface area (Å²) in [5.74, 6) is 0.256. The molecule has 18 heavy (non-hydrogen) atoms.